The van der Waals surface area contributed by atoms with E-state index in [-0.39, 0.29) is 5.91 Å². The molecular formula is C16H17BrN4O. The first kappa shape index (κ1) is 16.2. The number of hydrogen-bond donors (Lipinski definition) is 2. The average molecular weight is 361 g/mol. The third-order valence-electron chi connectivity index (χ3n) is 2.91. The highest BCUT2D eigenvalue weighted by atomic mass is 79.9. The molecule has 0 bridgehead atoms. The van der Waals surface area contributed by atoms with Crippen molar-refractivity contribution in [1.29, 1.82) is 0 Å². The average Bonchev–Trinajstić information content (AvgIpc) is 2.48. The van der Waals surface area contributed by atoms with Crippen LogP contribution in [-0.2, 0) is 0 Å². The summed E-state index contributed by atoms with van der Waals surface area (Å²) in [6, 6.07) is 7.25. The highest BCUT2D eigenvalue weighted by molar-refractivity contribution is 9.10. The molecule has 2 rings (SSSR count). The van der Waals surface area contributed by atoms with Crippen LogP contribution in [0.5, 0.6) is 0 Å². The summed E-state index contributed by atoms with van der Waals surface area (Å²) >= 11 is 3.43. The number of carbonyl (C=O) groups is 1. The number of nitrogens with one attached hydrogen (secondary N) is 2. The second-order valence-electron chi connectivity index (χ2n) is 4.77. The minimum Gasteiger partial charge on any atom is -0.366 e. The molecule has 0 radical (unpaired) electrons. The molecule has 0 saturated heterocycles. The van der Waals surface area contributed by atoms with Crippen molar-refractivity contribution in [3.63, 3.8) is 0 Å². The van der Waals surface area contributed by atoms with E-state index in [4.69, 9.17) is 0 Å². The molecule has 6 heteroatoms. The second-order valence-corrected chi connectivity index (χ2v) is 5.63. The summed E-state index contributed by atoms with van der Waals surface area (Å²) in [5, 5.41) is 5.89. The molecule has 0 aliphatic heterocycles. The summed E-state index contributed by atoms with van der Waals surface area (Å²) in [6.07, 6.45) is 1.72. The molecule has 1 aromatic carbocycles. The first-order valence-corrected chi connectivity index (χ1v) is 7.57. The Bertz CT molecular complexity index is 715. The minimum absolute atomic E-state index is 0.270. The van der Waals surface area contributed by atoms with E-state index in [2.05, 4.69) is 43.1 Å². The Morgan fingerprint density at radius 3 is 2.77 bits per heavy atom. The molecule has 0 unspecified atom stereocenters. The van der Waals surface area contributed by atoms with E-state index >= 15 is 0 Å². The summed E-state index contributed by atoms with van der Waals surface area (Å²) in [6.45, 7) is 7.92. The number of amides is 1. The van der Waals surface area contributed by atoms with Crippen LogP contribution >= 0.6 is 15.9 Å². The number of carbonyl (C=O) groups excluding carboxylic acids is 1. The summed E-state index contributed by atoms with van der Waals surface area (Å²) in [5.74, 6) is 0.865. The summed E-state index contributed by atoms with van der Waals surface area (Å²) in [7, 11) is 0. The lowest BCUT2D eigenvalue weighted by Crippen LogP contribution is -2.16. The van der Waals surface area contributed by atoms with Crippen LogP contribution in [0.2, 0.25) is 0 Å². The predicted molar refractivity (Wildman–Crippen MR) is 92.3 cm³/mol. The lowest BCUT2D eigenvalue weighted by molar-refractivity contribution is 0.102. The summed E-state index contributed by atoms with van der Waals surface area (Å²) in [4.78, 5) is 20.7. The van der Waals surface area contributed by atoms with Gasteiger partial charge in [-0.05, 0) is 37.6 Å². The smallest absolute Gasteiger partial charge is 0.274 e. The zero-order valence-corrected chi connectivity index (χ0v) is 14.1. The zero-order chi connectivity index (χ0) is 16.1. The summed E-state index contributed by atoms with van der Waals surface area (Å²) < 4.78 is 0.999. The number of aryl methyl sites for hydroxylation is 2. The third-order valence-corrected chi connectivity index (χ3v) is 3.80. The van der Waals surface area contributed by atoms with Crippen LogP contribution in [0.15, 0.2) is 41.4 Å². The van der Waals surface area contributed by atoms with Gasteiger partial charge in [-0.3, -0.25) is 4.79 Å². The monoisotopic (exact) mass is 360 g/mol. The number of aromatic nitrogens is 2. The number of benzene rings is 1. The molecule has 0 fully saturated rings. The van der Waals surface area contributed by atoms with Gasteiger partial charge in [-0.1, -0.05) is 22.0 Å². The van der Waals surface area contributed by atoms with E-state index in [1.165, 1.54) is 0 Å². The van der Waals surface area contributed by atoms with Crippen molar-refractivity contribution in [2.75, 3.05) is 17.2 Å². The molecule has 22 heavy (non-hydrogen) atoms. The second kappa shape index (κ2) is 7.17. The predicted octanol–water partition coefficient (Wildman–Crippen LogP) is 3.71. The molecule has 2 N–H and O–H groups in total. The first-order valence-electron chi connectivity index (χ1n) is 6.77. The Hall–Kier alpha value is -2.21. The van der Waals surface area contributed by atoms with Crippen LogP contribution in [0.1, 0.15) is 21.9 Å². The highest BCUT2D eigenvalue weighted by Gasteiger charge is 2.11. The normalized spacial score (nSPS) is 10.1. The molecular weight excluding hydrogens is 344 g/mol. The molecule has 0 spiro atoms. The molecule has 1 heterocycles. The van der Waals surface area contributed by atoms with E-state index in [1.807, 2.05) is 25.1 Å². The van der Waals surface area contributed by atoms with E-state index in [0.29, 0.717) is 23.9 Å². The Labute approximate surface area is 138 Å². The molecule has 114 valence electrons. The number of halogens is 1. The van der Waals surface area contributed by atoms with Crippen molar-refractivity contribution in [1.82, 2.24) is 9.97 Å². The first-order chi connectivity index (χ1) is 10.5. The molecule has 0 aliphatic carbocycles. The Morgan fingerprint density at radius 2 is 2.09 bits per heavy atom. The van der Waals surface area contributed by atoms with Crippen molar-refractivity contribution < 1.29 is 4.79 Å². The molecule has 2 aromatic rings. The topological polar surface area (TPSA) is 66.9 Å². The van der Waals surface area contributed by atoms with Gasteiger partial charge in [-0.25, -0.2) is 9.97 Å². The van der Waals surface area contributed by atoms with Crippen molar-refractivity contribution in [3.05, 3.63) is 58.5 Å². The van der Waals surface area contributed by atoms with Gasteiger partial charge in [-0.2, -0.15) is 0 Å². The Balaban J connectivity index is 2.19. The van der Waals surface area contributed by atoms with Gasteiger partial charge in [0.05, 0.1) is 0 Å². The SMILES string of the molecule is C=CCNc1cc(C(=O)Nc2ccc(Br)c(C)c2)nc(C)n1. The summed E-state index contributed by atoms with van der Waals surface area (Å²) in [5.41, 5.74) is 2.09. The lowest BCUT2D eigenvalue weighted by Gasteiger charge is -2.09. The molecule has 0 aliphatic rings. The fourth-order valence-corrected chi connectivity index (χ4v) is 2.12. The number of nitrogens with zero attached hydrogens (tertiary/aromatic N) is 2. The number of rotatable bonds is 5. The van der Waals surface area contributed by atoms with E-state index < -0.39 is 0 Å². The van der Waals surface area contributed by atoms with E-state index in [9.17, 15) is 4.79 Å². The largest absolute Gasteiger partial charge is 0.366 e. The maximum Gasteiger partial charge on any atom is 0.274 e. The van der Waals surface area contributed by atoms with Gasteiger partial charge >= 0.3 is 0 Å². The number of anilines is 2. The van der Waals surface area contributed by atoms with Gasteiger partial charge in [0.25, 0.3) is 5.91 Å². The maximum atomic E-state index is 12.3. The van der Waals surface area contributed by atoms with Gasteiger partial charge in [0, 0.05) is 22.8 Å². The molecule has 1 aromatic heterocycles. The highest BCUT2D eigenvalue weighted by Crippen LogP contribution is 2.20. The zero-order valence-electron chi connectivity index (χ0n) is 12.5. The quantitative estimate of drug-likeness (QED) is 0.797. The van der Waals surface area contributed by atoms with Crippen molar-refractivity contribution in [2.24, 2.45) is 0 Å². The maximum absolute atomic E-state index is 12.3. The fourth-order valence-electron chi connectivity index (χ4n) is 1.87. The molecule has 0 saturated carbocycles. The Morgan fingerprint density at radius 1 is 1.32 bits per heavy atom. The van der Waals surface area contributed by atoms with Gasteiger partial charge in [0.2, 0.25) is 0 Å². The van der Waals surface area contributed by atoms with Gasteiger partial charge in [0.15, 0.2) is 0 Å². The standard InChI is InChI=1S/C16H17BrN4O/c1-4-7-18-15-9-14(19-11(3)20-15)16(22)21-12-5-6-13(17)10(2)8-12/h4-6,8-9H,1,7H2,2-3H3,(H,21,22)(H,18,19,20). The van der Waals surface area contributed by atoms with Crippen LogP contribution in [-0.4, -0.2) is 22.4 Å². The van der Waals surface area contributed by atoms with Crippen LogP contribution < -0.4 is 10.6 Å². The van der Waals surface area contributed by atoms with Crippen LogP contribution in [0.4, 0.5) is 11.5 Å². The third kappa shape index (κ3) is 4.14. The van der Waals surface area contributed by atoms with E-state index in [1.54, 1.807) is 19.1 Å². The van der Waals surface area contributed by atoms with Gasteiger partial charge in [0.1, 0.15) is 17.3 Å². The Kier molecular flexibility index (Phi) is 5.27. The van der Waals surface area contributed by atoms with E-state index in [0.717, 1.165) is 15.7 Å². The van der Waals surface area contributed by atoms with Crippen molar-refractivity contribution in [2.45, 2.75) is 13.8 Å². The lowest BCUT2D eigenvalue weighted by atomic mass is 10.2. The fraction of sp³-hybridized carbons (Fsp3) is 0.188. The molecule has 1 amide bonds. The van der Waals surface area contributed by atoms with Crippen molar-refractivity contribution in [3.8, 4) is 0 Å². The molecule has 0 atom stereocenters. The molecule has 5 nitrogen and oxygen atoms in total. The van der Waals surface area contributed by atoms with Crippen LogP contribution in [0.25, 0.3) is 0 Å². The van der Waals surface area contributed by atoms with Gasteiger partial charge < -0.3 is 10.6 Å². The van der Waals surface area contributed by atoms with Gasteiger partial charge in [-0.15, -0.1) is 6.58 Å². The van der Waals surface area contributed by atoms with Crippen LogP contribution in [0, 0.1) is 13.8 Å². The number of hydrogen-bond acceptors (Lipinski definition) is 4. The minimum atomic E-state index is -0.270. The van der Waals surface area contributed by atoms with Crippen molar-refractivity contribution >= 4 is 33.3 Å². The van der Waals surface area contributed by atoms with Crippen LogP contribution in [0.3, 0.4) is 0 Å².